The van der Waals surface area contributed by atoms with Gasteiger partial charge in [-0.3, -0.25) is 0 Å². The first-order valence-electron chi connectivity index (χ1n) is 9.26. The molecule has 0 spiro atoms. The predicted molar refractivity (Wildman–Crippen MR) is 103 cm³/mol. The maximum Gasteiger partial charge on any atom is 0.119 e. The molecular weight excluding hydrogens is 294 g/mol. The number of rotatable bonds is 11. The van der Waals surface area contributed by atoms with E-state index in [9.17, 15) is 0 Å². The highest BCUT2D eigenvalue weighted by Crippen LogP contribution is 2.14. The summed E-state index contributed by atoms with van der Waals surface area (Å²) in [7, 11) is 0. The molecule has 0 radical (unpaired) electrons. The minimum Gasteiger partial charge on any atom is -0.494 e. The summed E-state index contributed by atoms with van der Waals surface area (Å²) >= 11 is 0. The van der Waals surface area contributed by atoms with Crippen molar-refractivity contribution in [2.24, 2.45) is 0 Å². The number of hydrogen-bond acceptors (Lipinski definition) is 2. The standard InChI is InChI=1S/C22H31NO/c1-3-4-5-8-16-24-22-13-9-11-20(17-22)18-23-15-14-21-12-7-6-10-19(21)2/h6-7,9-13,17,23H,3-5,8,14-16,18H2,1-2H3. The van der Waals surface area contributed by atoms with E-state index in [1.165, 1.54) is 36.0 Å². The minimum atomic E-state index is 0.824. The van der Waals surface area contributed by atoms with Gasteiger partial charge in [-0.05, 0) is 55.1 Å². The average Bonchev–Trinajstić information content (AvgIpc) is 2.60. The molecule has 2 rings (SSSR count). The Kier molecular flexibility index (Phi) is 8.40. The van der Waals surface area contributed by atoms with Gasteiger partial charge in [-0.1, -0.05) is 62.6 Å². The van der Waals surface area contributed by atoms with Crippen LogP contribution in [-0.2, 0) is 13.0 Å². The van der Waals surface area contributed by atoms with Crippen LogP contribution in [0.15, 0.2) is 48.5 Å². The molecule has 24 heavy (non-hydrogen) atoms. The summed E-state index contributed by atoms with van der Waals surface area (Å²) in [5, 5.41) is 3.53. The maximum atomic E-state index is 5.86. The van der Waals surface area contributed by atoms with Crippen LogP contribution in [0.5, 0.6) is 5.75 Å². The smallest absolute Gasteiger partial charge is 0.119 e. The summed E-state index contributed by atoms with van der Waals surface area (Å²) in [6.07, 6.45) is 6.04. The van der Waals surface area contributed by atoms with Crippen molar-refractivity contribution in [3.63, 3.8) is 0 Å². The van der Waals surface area contributed by atoms with Gasteiger partial charge < -0.3 is 10.1 Å². The van der Waals surface area contributed by atoms with Crippen molar-refractivity contribution >= 4 is 0 Å². The largest absolute Gasteiger partial charge is 0.494 e. The van der Waals surface area contributed by atoms with E-state index in [4.69, 9.17) is 4.74 Å². The van der Waals surface area contributed by atoms with Gasteiger partial charge in [-0.2, -0.15) is 0 Å². The fourth-order valence-corrected chi connectivity index (χ4v) is 2.81. The summed E-state index contributed by atoms with van der Waals surface area (Å²) in [6, 6.07) is 17.0. The van der Waals surface area contributed by atoms with Crippen molar-refractivity contribution in [1.29, 1.82) is 0 Å². The van der Waals surface area contributed by atoms with Gasteiger partial charge in [0.2, 0.25) is 0 Å². The van der Waals surface area contributed by atoms with Crippen molar-refractivity contribution in [2.45, 2.75) is 52.5 Å². The molecule has 0 unspecified atom stereocenters. The lowest BCUT2D eigenvalue weighted by atomic mass is 10.1. The molecule has 0 saturated heterocycles. The van der Waals surface area contributed by atoms with Crippen molar-refractivity contribution in [2.75, 3.05) is 13.2 Å². The van der Waals surface area contributed by atoms with Gasteiger partial charge in [0.15, 0.2) is 0 Å². The number of aryl methyl sites for hydroxylation is 1. The molecule has 0 heterocycles. The molecule has 0 aliphatic carbocycles. The summed E-state index contributed by atoms with van der Waals surface area (Å²) in [5.74, 6) is 0.990. The third kappa shape index (κ3) is 6.76. The zero-order valence-corrected chi connectivity index (χ0v) is 15.2. The molecule has 0 fully saturated rings. The Morgan fingerprint density at radius 2 is 1.83 bits per heavy atom. The Bertz CT molecular complexity index is 594. The normalized spacial score (nSPS) is 10.8. The summed E-state index contributed by atoms with van der Waals surface area (Å²) < 4.78 is 5.86. The van der Waals surface area contributed by atoms with Gasteiger partial charge in [0.1, 0.15) is 5.75 Å². The van der Waals surface area contributed by atoms with E-state index in [2.05, 4.69) is 67.7 Å². The van der Waals surface area contributed by atoms with Crippen LogP contribution in [0.2, 0.25) is 0 Å². The average molecular weight is 325 g/mol. The molecule has 0 aliphatic heterocycles. The Hall–Kier alpha value is -1.80. The number of ether oxygens (including phenoxy) is 1. The van der Waals surface area contributed by atoms with Gasteiger partial charge in [0, 0.05) is 6.54 Å². The molecule has 2 heteroatoms. The Labute approximate surface area is 147 Å². The van der Waals surface area contributed by atoms with Crippen molar-refractivity contribution in [3.05, 3.63) is 65.2 Å². The van der Waals surface area contributed by atoms with Crippen LogP contribution < -0.4 is 10.1 Å². The van der Waals surface area contributed by atoms with Crippen molar-refractivity contribution in [3.8, 4) is 5.75 Å². The second-order valence-corrected chi connectivity index (χ2v) is 6.41. The molecule has 2 aromatic carbocycles. The zero-order valence-electron chi connectivity index (χ0n) is 15.2. The van der Waals surface area contributed by atoms with Crippen LogP contribution >= 0.6 is 0 Å². The molecule has 130 valence electrons. The molecule has 0 saturated carbocycles. The monoisotopic (exact) mass is 325 g/mol. The molecule has 0 aliphatic rings. The van der Waals surface area contributed by atoms with Crippen LogP contribution in [0, 0.1) is 6.92 Å². The molecule has 0 amide bonds. The van der Waals surface area contributed by atoms with Gasteiger partial charge in [0.05, 0.1) is 6.61 Å². The molecular formula is C22H31NO. The molecule has 2 nitrogen and oxygen atoms in total. The number of benzene rings is 2. The minimum absolute atomic E-state index is 0.824. The molecule has 1 N–H and O–H groups in total. The van der Waals surface area contributed by atoms with E-state index in [0.717, 1.165) is 38.3 Å². The van der Waals surface area contributed by atoms with E-state index in [-0.39, 0.29) is 0 Å². The Morgan fingerprint density at radius 1 is 0.958 bits per heavy atom. The van der Waals surface area contributed by atoms with Crippen LogP contribution in [-0.4, -0.2) is 13.2 Å². The number of hydrogen-bond donors (Lipinski definition) is 1. The SMILES string of the molecule is CCCCCCOc1cccc(CNCCc2ccccc2C)c1. The Morgan fingerprint density at radius 3 is 2.67 bits per heavy atom. The highest BCUT2D eigenvalue weighted by molar-refractivity contribution is 5.28. The maximum absolute atomic E-state index is 5.86. The van der Waals surface area contributed by atoms with Crippen LogP contribution in [0.1, 0.15) is 49.3 Å². The highest BCUT2D eigenvalue weighted by Gasteiger charge is 1.99. The third-order valence-electron chi connectivity index (χ3n) is 4.33. The lowest BCUT2D eigenvalue weighted by molar-refractivity contribution is 0.304. The third-order valence-corrected chi connectivity index (χ3v) is 4.33. The molecule has 0 aromatic heterocycles. The van der Waals surface area contributed by atoms with E-state index in [1.807, 2.05) is 0 Å². The highest BCUT2D eigenvalue weighted by atomic mass is 16.5. The van der Waals surface area contributed by atoms with Crippen LogP contribution in [0.25, 0.3) is 0 Å². The summed E-state index contributed by atoms with van der Waals surface area (Å²) in [6.45, 7) is 7.11. The van der Waals surface area contributed by atoms with Crippen molar-refractivity contribution < 1.29 is 4.74 Å². The van der Waals surface area contributed by atoms with Crippen molar-refractivity contribution in [1.82, 2.24) is 5.32 Å². The first kappa shape index (κ1) is 18.5. The second-order valence-electron chi connectivity index (χ2n) is 6.41. The summed E-state index contributed by atoms with van der Waals surface area (Å²) in [5.41, 5.74) is 4.08. The van der Waals surface area contributed by atoms with Crippen LogP contribution in [0.4, 0.5) is 0 Å². The van der Waals surface area contributed by atoms with Gasteiger partial charge in [-0.15, -0.1) is 0 Å². The van der Waals surface area contributed by atoms with E-state index in [1.54, 1.807) is 0 Å². The van der Waals surface area contributed by atoms with Gasteiger partial charge in [-0.25, -0.2) is 0 Å². The fraction of sp³-hybridized carbons (Fsp3) is 0.455. The fourth-order valence-electron chi connectivity index (χ4n) is 2.81. The van der Waals surface area contributed by atoms with Crippen LogP contribution in [0.3, 0.4) is 0 Å². The Balaban J connectivity index is 1.69. The number of unbranched alkanes of at least 4 members (excludes halogenated alkanes) is 3. The predicted octanol–water partition coefficient (Wildman–Crippen LogP) is 5.29. The van der Waals surface area contributed by atoms with E-state index >= 15 is 0 Å². The lowest BCUT2D eigenvalue weighted by Gasteiger charge is -2.10. The zero-order chi connectivity index (χ0) is 17.0. The second kappa shape index (κ2) is 10.9. The number of nitrogens with one attached hydrogen (secondary N) is 1. The topological polar surface area (TPSA) is 21.3 Å². The molecule has 0 bridgehead atoms. The van der Waals surface area contributed by atoms with E-state index < -0.39 is 0 Å². The molecule has 2 aromatic rings. The molecule has 0 atom stereocenters. The lowest BCUT2D eigenvalue weighted by Crippen LogP contribution is -2.17. The quantitative estimate of drug-likeness (QED) is 0.567. The van der Waals surface area contributed by atoms with E-state index in [0.29, 0.717) is 0 Å². The van der Waals surface area contributed by atoms with Gasteiger partial charge in [0.25, 0.3) is 0 Å². The first-order valence-corrected chi connectivity index (χ1v) is 9.26. The first-order chi connectivity index (χ1) is 11.8. The van der Waals surface area contributed by atoms with Gasteiger partial charge >= 0.3 is 0 Å². The summed E-state index contributed by atoms with van der Waals surface area (Å²) in [4.78, 5) is 0.